The number of ether oxygens (including phenoxy) is 1. The second-order valence-electron chi connectivity index (χ2n) is 6.47. The van der Waals surface area contributed by atoms with Crippen LogP contribution in [0, 0.1) is 5.82 Å². The molecule has 2 rings (SSSR count). The van der Waals surface area contributed by atoms with Crippen molar-refractivity contribution in [2.75, 3.05) is 19.4 Å². The third-order valence-electron chi connectivity index (χ3n) is 3.89. The molecule has 0 aliphatic rings. The number of nitrogens with zero attached hydrogens (tertiary/aromatic N) is 2. The summed E-state index contributed by atoms with van der Waals surface area (Å²) in [6.45, 7) is 5.66. The summed E-state index contributed by atoms with van der Waals surface area (Å²) in [4.78, 5) is 8.65. The van der Waals surface area contributed by atoms with E-state index in [-0.39, 0.29) is 12.3 Å². The average molecular weight is 423 g/mol. The number of rotatable bonds is 9. The van der Waals surface area contributed by atoms with Gasteiger partial charge in [0.25, 0.3) is 0 Å². The minimum absolute atomic E-state index is 0.144. The van der Waals surface area contributed by atoms with Crippen molar-refractivity contribution in [1.29, 1.82) is 0 Å². The minimum Gasteiger partial charge on any atom is -0.478 e. The Hall–Kier alpha value is -2.68. The van der Waals surface area contributed by atoms with E-state index in [0.29, 0.717) is 42.7 Å². The van der Waals surface area contributed by atoms with Crippen molar-refractivity contribution in [3.8, 4) is 5.88 Å². The zero-order valence-corrected chi connectivity index (χ0v) is 17.7. The van der Waals surface area contributed by atoms with Gasteiger partial charge < -0.3 is 15.4 Å². The minimum atomic E-state index is -3.23. The number of guanidine groups is 1. The molecule has 0 unspecified atom stereocenters. The smallest absolute Gasteiger partial charge is 0.213 e. The zero-order valence-electron chi connectivity index (χ0n) is 16.9. The molecule has 0 aliphatic heterocycles. The Kier molecular flexibility index (Phi) is 8.38. The van der Waals surface area contributed by atoms with Crippen molar-refractivity contribution in [3.05, 3.63) is 59.0 Å². The third-order valence-corrected chi connectivity index (χ3v) is 4.72. The average Bonchev–Trinajstić information content (AvgIpc) is 2.65. The summed E-state index contributed by atoms with van der Waals surface area (Å²) in [6.07, 6.45) is 2.82. The van der Waals surface area contributed by atoms with Crippen molar-refractivity contribution in [1.82, 2.24) is 15.6 Å². The molecule has 1 aromatic carbocycles. The highest BCUT2D eigenvalue weighted by Crippen LogP contribution is 2.15. The van der Waals surface area contributed by atoms with E-state index in [1.165, 1.54) is 18.2 Å². The second-order valence-corrected chi connectivity index (χ2v) is 8.61. The molecule has 0 aliphatic carbocycles. The molecule has 29 heavy (non-hydrogen) atoms. The van der Waals surface area contributed by atoms with Crippen molar-refractivity contribution < 1.29 is 17.5 Å². The molecule has 1 aromatic heterocycles. The third kappa shape index (κ3) is 8.06. The number of hydrogen-bond acceptors (Lipinski definition) is 5. The normalized spacial score (nSPS) is 11.9. The molecule has 0 radical (unpaired) electrons. The van der Waals surface area contributed by atoms with Crippen LogP contribution in [0.4, 0.5) is 4.39 Å². The Balaban J connectivity index is 2.12. The first-order valence-corrected chi connectivity index (χ1v) is 11.4. The van der Waals surface area contributed by atoms with Gasteiger partial charge in [-0.1, -0.05) is 6.07 Å². The van der Waals surface area contributed by atoms with Crippen molar-refractivity contribution >= 4 is 15.8 Å². The van der Waals surface area contributed by atoms with Crippen LogP contribution in [0.15, 0.2) is 41.5 Å². The van der Waals surface area contributed by atoms with Gasteiger partial charge >= 0.3 is 0 Å². The maximum absolute atomic E-state index is 13.7. The van der Waals surface area contributed by atoms with Crippen LogP contribution < -0.4 is 15.4 Å². The quantitative estimate of drug-likeness (QED) is 0.476. The lowest BCUT2D eigenvalue weighted by atomic mass is 10.1. The Bertz CT molecular complexity index is 948. The molecule has 0 atom stereocenters. The Morgan fingerprint density at radius 3 is 2.66 bits per heavy atom. The molecule has 1 heterocycles. The summed E-state index contributed by atoms with van der Waals surface area (Å²) in [6, 6.07) is 7.79. The van der Waals surface area contributed by atoms with Gasteiger partial charge in [-0.25, -0.2) is 22.8 Å². The maximum Gasteiger partial charge on any atom is 0.213 e. The van der Waals surface area contributed by atoms with Crippen molar-refractivity contribution in [2.45, 2.75) is 32.7 Å². The van der Waals surface area contributed by atoms with E-state index < -0.39 is 15.7 Å². The molecule has 9 heteroatoms. The van der Waals surface area contributed by atoms with Crippen LogP contribution >= 0.6 is 0 Å². The van der Waals surface area contributed by atoms with E-state index in [1.807, 2.05) is 26.0 Å². The fraction of sp³-hybridized carbons (Fsp3) is 0.400. The highest BCUT2D eigenvalue weighted by Gasteiger charge is 2.11. The molecule has 0 saturated carbocycles. The van der Waals surface area contributed by atoms with E-state index in [9.17, 15) is 12.8 Å². The number of halogens is 1. The molecule has 0 saturated heterocycles. The first-order valence-electron chi connectivity index (χ1n) is 9.35. The summed E-state index contributed by atoms with van der Waals surface area (Å²) in [5.41, 5.74) is 2.07. The first-order chi connectivity index (χ1) is 13.8. The summed E-state index contributed by atoms with van der Waals surface area (Å²) < 4.78 is 42.4. The molecule has 2 N–H and O–H groups in total. The largest absolute Gasteiger partial charge is 0.478 e. The van der Waals surface area contributed by atoms with Gasteiger partial charge in [0.2, 0.25) is 5.88 Å². The Labute approximate surface area is 171 Å². The first kappa shape index (κ1) is 22.6. The van der Waals surface area contributed by atoms with Crippen LogP contribution in [0.2, 0.25) is 0 Å². The second kappa shape index (κ2) is 10.8. The van der Waals surface area contributed by atoms with Crippen LogP contribution in [0.3, 0.4) is 0 Å². The van der Waals surface area contributed by atoms with E-state index in [1.54, 1.807) is 6.20 Å². The van der Waals surface area contributed by atoms with E-state index >= 15 is 0 Å². The molecule has 0 bridgehead atoms. The van der Waals surface area contributed by atoms with E-state index in [2.05, 4.69) is 20.6 Å². The van der Waals surface area contributed by atoms with Gasteiger partial charge in [-0.3, -0.25) is 0 Å². The molecular weight excluding hydrogens is 395 g/mol. The van der Waals surface area contributed by atoms with Crippen LogP contribution in [0.1, 0.15) is 30.5 Å². The van der Waals surface area contributed by atoms with Gasteiger partial charge in [-0.05, 0) is 48.7 Å². The standard InChI is InChI=1S/C20H27FN4O3S/c1-4-22-20(24-12-15-8-9-23-19(10-15)28-5-2)25-13-17-11-18(21)7-6-16(17)14-29(3,26)27/h6-11H,4-5,12-14H2,1-3H3,(H2,22,24,25). The van der Waals surface area contributed by atoms with Crippen LogP contribution in [0.5, 0.6) is 5.88 Å². The highest BCUT2D eigenvalue weighted by molar-refractivity contribution is 7.89. The summed E-state index contributed by atoms with van der Waals surface area (Å²) in [5, 5.41) is 6.26. The van der Waals surface area contributed by atoms with E-state index in [4.69, 9.17) is 4.74 Å². The molecule has 158 valence electrons. The Morgan fingerprint density at radius 1 is 1.17 bits per heavy atom. The summed E-state index contributed by atoms with van der Waals surface area (Å²) in [7, 11) is -3.23. The van der Waals surface area contributed by atoms with E-state index in [0.717, 1.165) is 11.8 Å². The van der Waals surface area contributed by atoms with Crippen molar-refractivity contribution in [3.63, 3.8) is 0 Å². The highest BCUT2D eigenvalue weighted by atomic mass is 32.2. The Morgan fingerprint density at radius 2 is 1.97 bits per heavy atom. The lowest BCUT2D eigenvalue weighted by Crippen LogP contribution is -2.37. The zero-order chi connectivity index (χ0) is 21.3. The van der Waals surface area contributed by atoms with Crippen molar-refractivity contribution in [2.24, 2.45) is 4.99 Å². The monoisotopic (exact) mass is 422 g/mol. The predicted molar refractivity (Wildman–Crippen MR) is 112 cm³/mol. The fourth-order valence-electron chi connectivity index (χ4n) is 2.65. The number of pyridine rings is 1. The summed E-state index contributed by atoms with van der Waals surface area (Å²) >= 11 is 0. The van der Waals surface area contributed by atoms with Gasteiger partial charge in [0.1, 0.15) is 5.82 Å². The van der Waals surface area contributed by atoms with Crippen LogP contribution in [-0.4, -0.2) is 38.8 Å². The lowest BCUT2D eigenvalue weighted by molar-refractivity contribution is 0.326. The van der Waals surface area contributed by atoms with Gasteiger partial charge in [0, 0.05) is 31.6 Å². The lowest BCUT2D eigenvalue weighted by Gasteiger charge is -2.14. The summed E-state index contributed by atoms with van der Waals surface area (Å²) in [5.74, 6) is 0.524. The molecule has 0 fully saturated rings. The molecule has 7 nitrogen and oxygen atoms in total. The topological polar surface area (TPSA) is 92.7 Å². The number of aliphatic imine (C=N–C) groups is 1. The molecule has 2 aromatic rings. The van der Waals surface area contributed by atoms with Crippen LogP contribution in [-0.2, 0) is 28.7 Å². The SMILES string of the molecule is CCNC(=NCc1ccnc(OCC)c1)NCc1cc(F)ccc1CS(C)(=O)=O. The van der Waals surface area contributed by atoms with Gasteiger partial charge in [-0.15, -0.1) is 0 Å². The van der Waals surface area contributed by atoms with Gasteiger partial charge in [0.05, 0.1) is 18.9 Å². The fourth-order valence-corrected chi connectivity index (χ4v) is 3.50. The number of sulfone groups is 1. The number of aromatic nitrogens is 1. The van der Waals surface area contributed by atoms with Gasteiger partial charge in [0.15, 0.2) is 15.8 Å². The number of nitrogens with one attached hydrogen (secondary N) is 2. The number of hydrogen-bond donors (Lipinski definition) is 2. The molecular formula is C20H27FN4O3S. The predicted octanol–water partition coefficient (Wildman–Crippen LogP) is 2.42. The molecule has 0 amide bonds. The maximum atomic E-state index is 13.7. The number of benzene rings is 1. The van der Waals surface area contributed by atoms with Crippen LogP contribution in [0.25, 0.3) is 0 Å². The van der Waals surface area contributed by atoms with Gasteiger partial charge in [-0.2, -0.15) is 0 Å². The molecule has 0 spiro atoms.